The van der Waals surface area contributed by atoms with E-state index in [9.17, 15) is 14.7 Å². The third-order valence-corrected chi connectivity index (χ3v) is 6.05. The Bertz CT molecular complexity index is 735. The molecular formula is C22H30O6. The van der Waals surface area contributed by atoms with Crippen LogP contribution in [0.1, 0.15) is 53.4 Å². The summed E-state index contributed by atoms with van der Waals surface area (Å²) >= 11 is 0. The summed E-state index contributed by atoms with van der Waals surface area (Å²) in [6.45, 7) is 11.1. The standard InChI is InChI=1S/C22H30O6/c1-12-7-6-8-13(2)11-16(24)18-14(3)21(25)27-19(18)20-22(5,28-20)17(10-9-12)26-15(4)23/h8-9,16-20,24H,3,6-7,10-11H2,1-2,4-5H3/b12-9+,13-8+/t16-,17-,18-,19+,20?,22+/m1/s1. The van der Waals surface area contributed by atoms with E-state index in [1.807, 2.05) is 13.8 Å². The Morgan fingerprint density at radius 3 is 2.71 bits per heavy atom. The normalized spacial score (nSPS) is 42.7. The quantitative estimate of drug-likeness (QED) is 0.321. The van der Waals surface area contributed by atoms with Crippen molar-refractivity contribution in [1.29, 1.82) is 0 Å². The van der Waals surface area contributed by atoms with Crippen LogP contribution in [0.4, 0.5) is 0 Å². The van der Waals surface area contributed by atoms with E-state index >= 15 is 0 Å². The lowest BCUT2D eigenvalue weighted by atomic mass is 9.82. The van der Waals surface area contributed by atoms with Crippen LogP contribution < -0.4 is 0 Å². The number of hydrogen-bond acceptors (Lipinski definition) is 6. The van der Waals surface area contributed by atoms with Crippen molar-refractivity contribution in [3.63, 3.8) is 0 Å². The highest BCUT2D eigenvalue weighted by atomic mass is 16.7. The molecule has 6 nitrogen and oxygen atoms in total. The molecule has 2 heterocycles. The summed E-state index contributed by atoms with van der Waals surface area (Å²) < 4.78 is 17.1. The first-order valence-corrected chi connectivity index (χ1v) is 9.87. The van der Waals surface area contributed by atoms with Crippen LogP contribution in [0.5, 0.6) is 0 Å². The van der Waals surface area contributed by atoms with Gasteiger partial charge in [-0.1, -0.05) is 29.9 Å². The number of aliphatic hydroxyl groups excluding tert-OH is 1. The number of carbonyl (C=O) groups is 2. The molecule has 2 saturated heterocycles. The van der Waals surface area contributed by atoms with Crippen LogP contribution in [0.15, 0.2) is 35.5 Å². The average molecular weight is 390 g/mol. The van der Waals surface area contributed by atoms with Crippen molar-refractivity contribution in [2.24, 2.45) is 5.92 Å². The molecule has 0 amide bonds. The van der Waals surface area contributed by atoms with Crippen molar-refractivity contribution in [3.8, 4) is 0 Å². The van der Waals surface area contributed by atoms with Gasteiger partial charge in [-0.2, -0.15) is 0 Å². The second kappa shape index (κ2) is 7.84. The molecule has 1 N–H and O–H groups in total. The van der Waals surface area contributed by atoms with Crippen molar-refractivity contribution in [3.05, 3.63) is 35.5 Å². The van der Waals surface area contributed by atoms with Gasteiger partial charge in [0.1, 0.15) is 23.9 Å². The number of hydrogen-bond donors (Lipinski definition) is 1. The van der Waals surface area contributed by atoms with Crippen molar-refractivity contribution < 1.29 is 28.9 Å². The first-order valence-electron chi connectivity index (χ1n) is 9.87. The smallest absolute Gasteiger partial charge is 0.334 e. The maximum atomic E-state index is 12.2. The summed E-state index contributed by atoms with van der Waals surface area (Å²) in [6.07, 6.45) is 4.53. The maximum absolute atomic E-state index is 12.2. The van der Waals surface area contributed by atoms with Gasteiger partial charge < -0.3 is 19.3 Å². The van der Waals surface area contributed by atoms with Crippen molar-refractivity contribution in [1.82, 2.24) is 0 Å². The minimum Gasteiger partial charge on any atom is -0.459 e. The summed E-state index contributed by atoms with van der Waals surface area (Å²) in [4.78, 5) is 23.8. The molecule has 154 valence electrons. The third kappa shape index (κ3) is 4.08. The first-order chi connectivity index (χ1) is 13.1. The highest BCUT2D eigenvalue weighted by molar-refractivity contribution is 5.91. The van der Waals surface area contributed by atoms with Gasteiger partial charge in [-0.25, -0.2) is 4.79 Å². The number of esters is 2. The van der Waals surface area contributed by atoms with Crippen molar-refractivity contribution >= 4 is 11.9 Å². The summed E-state index contributed by atoms with van der Waals surface area (Å²) in [5.74, 6) is -1.42. The molecule has 0 aromatic carbocycles. The number of rotatable bonds is 1. The predicted molar refractivity (Wildman–Crippen MR) is 103 cm³/mol. The van der Waals surface area contributed by atoms with Crippen LogP contribution >= 0.6 is 0 Å². The predicted octanol–water partition coefficient (Wildman–Crippen LogP) is 3.00. The van der Waals surface area contributed by atoms with Gasteiger partial charge in [0.25, 0.3) is 0 Å². The van der Waals surface area contributed by atoms with E-state index in [2.05, 4.69) is 25.7 Å². The van der Waals surface area contributed by atoms with E-state index in [4.69, 9.17) is 14.2 Å². The van der Waals surface area contributed by atoms with Crippen molar-refractivity contribution in [2.45, 2.75) is 83.4 Å². The fourth-order valence-corrected chi connectivity index (χ4v) is 4.30. The molecule has 1 aliphatic carbocycles. The zero-order valence-electron chi connectivity index (χ0n) is 17.1. The van der Waals surface area contributed by atoms with Crippen LogP contribution in [0.2, 0.25) is 0 Å². The van der Waals surface area contributed by atoms with E-state index in [1.165, 1.54) is 12.5 Å². The third-order valence-electron chi connectivity index (χ3n) is 6.05. The van der Waals surface area contributed by atoms with Gasteiger partial charge in [-0.3, -0.25) is 4.79 Å². The summed E-state index contributed by atoms with van der Waals surface area (Å²) in [5, 5.41) is 10.8. The fraction of sp³-hybridized carbons (Fsp3) is 0.636. The molecule has 6 heteroatoms. The first kappa shape index (κ1) is 20.8. The number of aliphatic hydroxyl groups is 1. The molecule has 0 saturated carbocycles. The van der Waals surface area contributed by atoms with Gasteiger partial charge in [0.2, 0.25) is 0 Å². The largest absolute Gasteiger partial charge is 0.459 e. The molecule has 6 atom stereocenters. The Morgan fingerprint density at radius 1 is 1.32 bits per heavy atom. The average Bonchev–Trinajstić information content (AvgIpc) is 3.20. The van der Waals surface area contributed by atoms with E-state index in [1.54, 1.807) is 0 Å². The lowest BCUT2D eigenvalue weighted by Crippen LogP contribution is -2.40. The summed E-state index contributed by atoms with van der Waals surface area (Å²) in [6, 6.07) is 0. The summed E-state index contributed by atoms with van der Waals surface area (Å²) in [5.41, 5.74) is 1.78. The van der Waals surface area contributed by atoms with Gasteiger partial charge in [0, 0.05) is 18.9 Å². The van der Waals surface area contributed by atoms with E-state index < -0.39 is 41.9 Å². The highest BCUT2D eigenvalue weighted by Crippen LogP contribution is 2.50. The van der Waals surface area contributed by atoms with Crippen molar-refractivity contribution in [2.75, 3.05) is 0 Å². The zero-order valence-corrected chi connectivity index (χ0v) is 17.1. The van der Waals surface area contributed by atoms with Crippen LogP contribution in [-0.2, 0) is 23.8 Å². The molecule has 0 aromatic rings. The Balaban J connectivity index is 1.94. The van der Waals surface area contributed by atoms with Gasteiger partial charge in [-0.05, 0) is 40.0 Å². The van der Waals surface area contributed by atoms with Gasteiger partial charge in [0.15, 0.2) is 0 Å². The second-order valence-corrected chi connectivity index (χ2v) is 8.39. The molecule has 3 rings (SSSR count). The molecule has 28 heavy (non-hydrogen) atoms. The number of ether oxygens (including phenoxy) is 3. The SMILES string of the molecule is C=C1C(=O)O[C@@H]2C3O[C@@]3(C)[C@H](OC(C)=O)C/C=C(\C)CC/C=C(\C)C[C@@H](O)[C@@H]12. The Labute approximate surface area is 166 Å². The van der Waals surface area contributed by atoms with E-state index in [0.717, 1.165) is 18.4 Å². The minimum atomic E-state index is -0.791. The van der Waals surface area contributed by atoms with Gasteiger partial charge in [0.05, 0.1) is 12.0 Å². The number of fused-ring (bicyclic) bond motifs is 3. The highest BCUT2D eigenvalue weighted by Gasteiger charge is 2.67. The second-order valence-electron chi connectivity index (χ2n) is 8.39. The molecule has 0 bridgehead atoms. The zero-order chi connectivity index (χ0) is 20.6. The van der Waals surface area contributed by atoms with Crippen LogP contribution in [0, 0.1) is 5.92 Å². The molecule has 2 fully saturated rings. The molecule has 2 aliphatic heterocycles. The molecule has 0 spiro atoms. The lowest BCUT2D eigenvalue weighted by Gasteiger charge is -2.25. The molecule has 1 unspecified atom stereocenters. The Morgan fingerprint density at radius 2 is 2.04 bits per heavy atom. The Kier molecular flexibility index (Phi) is 5.82. The summed E-state index contributed by atoms with van der Waals surface area (Å²) in [7, 11) is 0. The monoisotopic (exact) mass is 390 g/mol. The topological polar surface area (TPSA) is 85.4 Å². The number of carbonyl (C=O) groups excluding carboxylic acids is 2. The maximum Gasteiger partial charge on any atom is 0.334 e. The van der Waals surface area contributed by atoms with E-state index in [-0.39, 0.29) is 11.5 Å². The molecule has 0 aromatic heterocycles. The molecular weight excluding hydrogens is 360 g/mol. The number of epoxide rings is 1. The van der Waals surface area contributed by atoms with Crippen LogP contribution in [0.3, 0.4) is 0 Å². The molecule has 0 radical (unpaired) electrons. The van der Waals surface area contributed by atoms with Gasteiger partial charge >= 0.3 is 11.9 Å². The lowest BCUT2D eigenvalue weighted by molar-refractivity contribution is -0.149. The molecule has 3 aliphatic rings. The fourth-order valence-electron chi connectivity index (χ4n) is 4.30. The van der Waals surface area contributed by atoms with E-state index in [0.29, 0.717) is 12.8 Å². The number of allylic oxidation sites excluding steroid dienone is 2. The van der Waals surface area contributed by atoms with Gasteiger partial charge in [-0.15, -0.1) is 0 Å². The Hall–Kier alpha value is -1.92. The van der Waals surface area contributed by atoms with Crippen LogP contribution in [0.25, 0.3) is 0 Å². The van der Waals surface area contributed by atoms with Crippen LogP contribution in [-0.4, -0.2) is 47.1 Å². The minimum absolute atomic E-state index is 0.273.